The van der Waals surface area contributed by atoms with Gasteiger partial charge in [0.05, 0.1) is 11.3 Å². The second-order valence-electron chi connectivity index (χ2n) is 4.56. The monoisotopic (exact) mass is 229 g/mol. The lowest BCUT2D eigenvalue weighted by Crippen LogP contribution is -2.27. The fraction of sp³-hybridized carbons (Fsp3) is 0.385. The number of rotatable bonds is 1. The predicted octanol–water partition coefficient (Wildman–Crippen LogP) is 1.88. The molecular formula is C13H15N3O. The summed E-state index contributed by atoms with van der Waals surface area (Å²) >= 11 is 0. The predicted molar refractivity (Wildman–Crippen MR) is 65.1 cm³/mol. The topological polar surface area (TPSA) is 37.6 Å². The highest BCUT2D eigenvalue weighted by Gasteiger charge is 2.19. The van der Waals surface area contributed by atoms with E-state index in [9.17, 15) is 4.79 Å². The summed E-state index contributed by atoms with van der Waals surface area (Å²) in [5, 5.41) is 0. The molecule has 3 rings (SSSR count). The molecule has 0 radical (unpaired) electrons. The molecule has 2 aromatic rings. The standard InChI is InChI=1S/C13H15N3O/c1-10-8-16-9-11(4-5-12(16)14-10)13(17)15-6-2-3-7-15/h4-5,8-9H,2-3,6-7H2,1H3. The van der Waals surface area contributed by atoms with Crippen LogP contribution in [0.15, 0.2) is 24.5 Å². The smallest absolute Gasteiger partial charge is 0.255 e. The third-order valence-electron chi connectivity index (χ3n) is 3.21. The van der Waals surface area contributed by atoms with E-state index in [0.29, 0.717) is 0 Å². The number of imidazole rings is 1. The third kappa shape index (κ3) is 1.79. The van der Waals surface area contributed by atoms with Gasteiger partial charge in [-0.05, 0) is 31.9 Å². The zero-order chi connectivity index (χ0) is 11.8. The van der Waals surface area contributed by atoms with Gasteiger partial charge in [0.15, 0.2) is 0 Å². The van der Waals surface area contributed by atoms with Crippen LogP contribution in [-0.4, -0.2) is 33.3 Å². The summed E-state index contributed by atoms with van der Waals surface area (Å²) in [5.74, 6) is 0.135. The zero-order valence-corrected chi connectivity index (χ0v) is 9.89. The maximum absolute atomic E-state index is 12.2. The van der Waals surface area contributed by atoms with E-state index in [1.54, 1.807) is 0 Å². The Kier molecular flexibility index (Phi) is 2.35. The Morgan fingerprint density at radius 3 is 2.76 bits per heavy atom. The fourth-order valence-electron chi connectivity index (χ4n) is 2.35. The van der Waals surface area contributed by atoms with Crippen molar-refractivity contribution in [1.29, 1.82) is 0 Å². The lowest BCUT2D eigenvalue weighted by molar-refractivity contribution is 0.0792. The molecule has 1 saturated heterocycles. The second-order valence-corrected chi connectivity index (χ2v) is 4.56. The summed E-state index contributed by atoms with van der Waals surface area (Å²) < 4.78 is 1.92. The van der Waals surface area contributed by atoms with Gasteiger partial charge in [-0.25, -0.2) is 4.98 Å². The van der Waals surface area contributed by atoms with Crippen molar-refractivity contribution in [3.8, 4) is 0 Å². The number of fused-ring (bicyclic) bond motifs is 1. The minimum absolute atomic E-state index is 0.135. The first kappa shape index (κ1) is 10.3. The number of carbonyl (C=O) groups excluding carboxylic acids is 1. The van der Waals surface area contributed by atoms with E-state index in [2.05, 4.69) is 4.98 Å². The van der Waals surface area contributed by atoms with Gasteiger partial charge in [-0.2, -0.15) is 0 Å². The number of amides is 1. The maximum Gasteiger partial charge on any atom is 0.255 e. The first-order valence-corrected chi connectivity index (χ1v) is 5.99. The van der Waals surface area contributed by atoms with E-state index >= 15 is 0 Å². The van der Waals surface area contributed by atoms with Crippen LogP contribution in [0.1, 0.15) is 28.9 Å². The number of carbonyl (C=O) groups is 1. The van der Waals surface area contributed by atoms with E-state index in [4.69, 9.17) is 0 Å². The number of likely N-dealkylation sites (tertiary alicyclic amines) is 1. The summed E-state index contributed by atoms with van der Waals surface area (Å²) in [7, 11) is 0. The van der Waals surface area contributed by atoms with Gasteiger partial charge in [0.1, 0.15) is 5.65 Å². The van der Waals surface area contributed by atoms with Crippen molar-refractivity contribution in [2.75, 3.05) is 13.1 Å². The van der Waals surface area contributed by atoms with Crippen molar-refractivity contribution in [2.45, 2.75) is 19.8 Å². The molecule has 0 spiro atoms. The molecule has 17 heavy (non-hydrogen) atoms. The summed E-state index contributed by atoms with van der Waals surface area (Å²) in [5.41, 5.74) is 2.60. The number of hydrogen-bond donors (Lipinski definition) is 0. The van der Waals surface area contributed by atoms with Crippen LogP contribution in [0.4, 0.5) is 0 Å². The van der Waals surface area contributed by atoms with Gasteiger partial charge in [0, 0.05) is 25.5 Å². The van der Waals surface area contributed by atoms with Crippen LogP contribution >= 0.6 is 0 Å². The molecule has 0 aliphatic carbocycles. The lowest BCUT2D eigenvalue weighted by atomic mass is 10.2. The van der Waals surface area contributed by atoms with Crippen LogP contribution < -0.4 is 0 Å². The van der Waals surface area contributed by atoms with Gasteiger partial charge in [-0.1, -0.05) is 0 Å². The molecule has 1 aliphatic rings. The van der Waals surface area contributed by atoms with E-state index in [1.165, 1.54) is 0 Å². The highest BCUT2D eigenvalue weighted by molar-refractivity contribution is 5.94. The highest BCUT2D eigenvalue weighted by Crippen LogP contribution is 2.14. The molecule has 0 aromatic carbocycles. The third-order valence-corrected chi connectivity index (χ3v) is 3.21. The van der Waals surface area contributed by atoms with Crippen LogP contribution in [-0.2, 0) is 0 Å². The first-order chi connectivity index (χ1) is 8.24. The number of nitrogens with zero attached hydrogens (tertiary/aromatic N) is 3. The fourth-order valence-corrected chi connectivity index (χ4v) is 2.35. The van der Waals surface area contributed by atoms with Gasteiger partial charge in [0.2, 0.25) is 0 Å². The molecule has 3 heterocycles. The van der Waals surface area contributed by atoms with E-state index in [1.807, 2.05) is 40.8 Å². The highest BCUT2D eigenvalue weighted by atomic mass is 16.2. The SMILES string of the molecule is Cc1cn2cc(C(=O)N3CCCC3)ccc2n1. The summed E-state index contributed by atoms with van der Waals surface area (Å²) in [6.45, 7) is 3.73. The molecule has 2 aromatic heterocycles. The van der Waals surface area contributed by atoms with E-state index < -0.39 is 0 Å². The summed E-state index contributed by atoms with van der Waals surface area (Å²) in [6, 6.07) is 3.76. The van der Waals surface area contributed by atoms with Gasteiger partial charge < -0.3 is 9.30 Å². The van der Waals surface area contributed by atoms with Crippen molar-refractivity contribution in [2.24, 2.45) is 0 Å². The van der Waals surface area contributed by atoms with E-state index in [-0.39, 0.29) is 5.91 Å². The van der Waals surface area contributed by atoms with Crippen LogP contribution in [0.2, 0.25) is 0 Å². The Labute approximate surface area is 99.9 Å². The Morgan fingerprint density at radius 2 is 2.00 bits per heavy atom. The molecule has 0 bridgehead atoms. The average Bonchev–Trinajstić information content (AvgIpc) is 2.94. The number of hydrogen-bond acceptors (Lipinski definition) is 2. The number of aryl methyl sites for hydroxylation is 1. The van der Waals surface area contributed by atoms with Crippen LogP contribution in [0.3, 0.4) is 0 Å². The average molecular weight is 229 g/mol. The van der Waals surface area contributed by atoms with E-state index in [0.717, 1.165) is 42.8 Å². The maximum atomic E-state index is 12.2. The lowest BCUT2D eigenvalue weighted by Gasteiger charge is -2.15. The first-order valence-electron chi connectivity index (χ1n) is 5.99. The summed E-state index contributed by atoms with van der Waals surface area (Å²) in [4.78, 5) is 18.5. The van der Waals surface area contributed by atoms with Crippen LogP contribution in [0.25, 0.3) is 5.65 Å². The minimum Gasteiger partial charge on any atom is -0.339 e. The molecule has 1 aliphatic heterocycles. The van der Waals surface area contributed by atoms with Crippen LogP contribution in [0.5, 0.6) is 0 Å². The largest absolute Gasteiger partial charge is 0.339 e. The molecular weight excluding hydrogens is 214 g/mol. The summed E-state index contributed by atoms with van der Waals surface area (Å²) in [6.07, 6.45) is 6.06. The van der Waals surface area contributed by atoms with Gasteiger partial charge in [0.25, 0.3) is 5.91 Å². The molecule has 1 fully saturated rings. The molecule has 1 amide bonds. The Bertz CT molecular complexity index is 567. The molecule has 0 atom stereocenters. The van der Waals surface area contributed by atoms with Gasteiger partial charge >= 0.3 is 0 Å². The van der Waals surface area contributed by atoms with Crippen molar-refractivity contribution in [1.82, 2.24) is 14.3 Å². The number of pyridine rings is 1. The van der Waals surface area contributed by atoms with Crippen LogP contribution in [0, 0.1) is 6.92 Å². The normalized spacial score (nSPS) is 15.7. The van der Waals surface area contributed by atoms with Crippen molar-refractivity contribution < 1.29 is 4.79 Å². The van der Waals surface area contributed by atoms with Crippen molar-refractivity contribution >= 4 is 11.6 Å². The quantitative estimate of drug-likeness (QED) is 0.748. The molecule has 4 nitrogen and oxygen atoms in total. The Balaban J connectivity index is 1.96. The van der Waals surface area contributed by atoms with Crippen molar-refractivity contribution in [3.63, 3.8) is 0 Å². The Hall–Kier alpha value is -1.84. The number of aromatic nitrogens is 2. The molecule has 0 N–H and O–H groups in total. The molecule has 0 unspecified atom stereocenters. The van der Waals surface area contributed by atoms with Gasteiger partial charge in [-0.3, -0.25) is 4.79 Å². The van der Waals surface area contributed by atoms with Crippen molar-refractivity contribution in [3.05, 3.63) is 35.8 Å². The molecule has 0 saturated carbocycles. The minimum atomic E-state index is 0.135. The molecule has 4 heteroatoms. The Morgan fingerprint density at radius 1 is 1.24 bits per heavy atom. The molecule has 88 valence electrons. The van der Waals surface area contributed by atoms with Gasteiger partial charge in [-0.15, -0.1) is 0 Å². The zero-order valence-electron chi connectivity index (χ0n) is 9.89. The second kappa shape index (κ2) is 3.87.